The Labute approximate surface area is 113 Å². The molecule has 1 aliphatic heterocycles. The molecular weight excluding hydrogens is 244 g/mol. The highest BCUT2D eigenvalue weighted by Crippen LogP contribution is 2.26. The minimum Gasteiger partial charge on any atom is -0.475 e. The molecule has 2 rings (SSSR count). The van der Waals surface area contributed by atoms with Gasteiger partial charge >= 0.3 is 5.97 Å². The standard InChI is InChI=1S/C14H22N2O3/c1-10(12-4-5-13(19-12)14(17)18)16(3)11-6-8-15(2)9-7-11/h4-5,10-11H,6-9H2,1-3H3,(H,17,18). The van der Waals surface area contributed by atoms with Crippen LogP contribution in [-0.4, -0.2) is 54.1 Å². The number of hydrogen-bond acceptors (Lipinski definition) is 4. The normalized spacial score (nSPS) is 19.8. The lowest BCUT2D eigenvalue weighted by molar-refractivity contribution is 0.0650. The van der Waals surface area contributed by atoms with Crippen LogP contribution in [0.15, 0.2) is 16.5 Å². The summed E-state index contributed by atoms with van der Waals surface area (Å²) in [5, 5.41) is 8.88. The van der Waals surface area contributed by atoms with E-state index in [0.717, 1.165) is 31.7 Å². The van der Waals surface area contributed by atoms with Crippen molar-refractivity contribution in [3.8, 4) is 0 Å². The summed E-state index contributed by atoms with van der Waals surface area (Å²) in [6.45, 7) is 4.28. The molecular formula is C14H22N2O3. The first kappa shape index (κ1) is 14.1. The van der Waals surface area contributed by atoms with Crippen molar-refractivity contribution in [2.24, 2.45) is 0 Å². The third-order valence-electron chi connectivity index (χ3n) is 4.12. The zero-order chi connectivity index (χ0) is 14.0. The molecule has 106 valence electrons. The molecule has 0 amide bonds. The van der Waals surface area contributed by atoms with E-state index in [9.17, 15) is 4.79 Å². The fourth-order valence-electron chi connectivity index (χ4n) is 2.61. The van der Waals surface area contributed by atoms with E-state index < -0.39 is 5.97 Å². The molecule has 1 saturated heterocycles. The number of rotatable bonds is 4. The average molecular weight is 266 g/mol. The summed E-state index contributed by atoms with van der Waals surface area (Å²) in [7, 11) is 4.23. The van der Waals surface area contributed by atoms with Crippen molar-refractivity contribution in [1.29, 1.82) is 0 Å². The maximum absolute atomic E-state index is 10.8. The van der Waals surface area contributed by atoms with E-state index >= 15 is 0 Å². The molecule has 1 unspecified atom stereocenters. The van der Waals surface area contributed by atoms with Gasteiger partial charge in [-0.1, -0.05) is 0 Å². The van der Waals surface area contributed by atoms with Gasteiger partial charge in [0.25, 0.3) is 0 Å². The highest BCUT2D eigenvalue weighted by Gasteiger charge is 2.26. The van der Waals surface area contributed by atoms with Gasteiger partial charge in [-0.15, -0.1) is 0 Å². The minimum atomic E-state index is -1.01. The summed E-state index contributed by atoms with van der Waals surface area (Å²) in [6.07, 6.45) is 2.29. The maximum atomic E-state index is 10.8. The molecule has 1 atom stereocenters. The molecule has 0 bridgehead atoms. The second-order valence-electron chi connectivity index (χ2n) is 5.38. The summed E-state index contributed by atoms with van der Waals surface area (Å²) < 4.78 is 5.39. The molecule has 0 radical (unpaired) electrons. The molecule has 0 spiro atoms. The zero-order valence-corrected chi connectivity index (χ0v) is 11.8. The van der Waals surface area contributed by atoms with Crippen molar-refractivity contribution in [2.45, 2.75) is 31.8 Å². The predicted molar refractivity (Wildman–Crippen MR) is 72.4 cm³/mol. The molecule has 0 aromatic carbocycles. The lowest BCUT2D eigenvalue weighted by Gasteiger charge is -2.37. The summed E-state index contributed by atoms with van der Waals surface area (Å²) in [5.41, 5.74) is 0. The van der Waals surface area contributed by atoms with Gasteiger partial charge in [0, 0.05) is 6.04 Å². The van der Waals surface area contributed by atoms with Gasteiger partial charge in [0.15, 0.2) is 0 Å². The van der Waals surface area contributed by atoms with Crippen LogP contribution in [-0.2, 0) is 0 Å². The van der Waals surface area contributed by atoms with Crippen molar-refractivity contribution in [3.63, 3.8) is 0 Å². The van der Waals surface area contributed by atoms with E-state index in [2.05, 4.69) is 30.8 Å². The van der Waals surface area contributed by atoms with Crippen LogP contribution in [0.1, 0.15) is 42.1 Å². The van der Waals surface area contributed by atoms with Crippen LogP contribution in [0, 0.1) is 0 Å². The van der Waals surface area contributed by atoms with E-state index in [4.69, 9.17) is 9.52 Å². The van der Waals surface area contributed by atoms with Crippen molar-refractivity contribution >= 4 is 5.97 Å². The number of nitrogens with zero attached hydrogens (tertiary/aromatic N) is 2. The third kappa shape index (κ3) is 3.16. The molecule has 0 aliphatic carbocycles. The van der Waals surface area contributed by atoms with Crippen LogP contribution in [0.4, 0.5) is 0 Å². The Morgan fingerprint density at radius 3 is 2.63 bits per heavy atom. The monoisotopic (exact) mass is 266 g/mol. The fourth-order valence-corrected chi connectivity index (χ4v) is 2.61. The van der Waals surface area contributed by atoms with Crippen LogP contribution in [0.5, 0.6) is 0 Å². The largest absolute Gasteiger partial charge is 0.475 e. The summed E-state index contributed by atoms with van der Waals surface area (Å²) in [6, 6.07) is 3.92. The highest BCUT2D eigenvalue weighted by atomic mass is 16.4. The molecule has 5 heteroatoms. The van der Waals surface area contributed by atoms with Gasteiger partial charge in [0.1, 0.15) is 5.76 Å². The molecule has 0 saturated carbocycles. The summed E-state index contributed by atoms with van der Waals surface area (Å²) >= 11 is 0. The average Bonchev–Trinajstić information content (AvgIpc) is 2.87. The Kier molecular flexibility index (Phi) is 4.27. The number of furan rings is 1. The van der Waals surface area contributed by atoms with Gasteiger partial charge in [-0.3, -0.25) is 4.90 Å². The number of piperidine rings is 1. The van der Waals surface area contributed by atoms with E-state index in [0.29, 0.717) is 6.04 Å². The van der Waals surface area contributed by atoms with E-state index in [1.54, 1.807) is 6.07 Å². The number of hydrogen-bond donors (Lipinski definition) is 1. The van der Waals surface area contributed by atoms with E-state index in [1.165, 1.54) is 6.07 Å². The highest BCUT2D eigenvalue weighted by molar-refractivity contribution is 5.84. The van der Waals surface area contributed by atoms with Crippen LogP contribution in [0.2, 0.25) is 0 Å². The maximum Gasteiger partial charge on any atom is 0.371 e. The van der Waals surface area contributed by atoms with Gasteiger partial charge in [0.05, 0.1) is 6.04 Å². The fraction of sp³-hybridized carbons (Fsp3) is 0.643. The Morgan fingerprint density at radius 1 is 1.47 bits per heavy atom. The first-order chi connectivity index (χ1) is 8.99. The molecule has 1 N–H and O–H groups in total. The molecule has 1 aliphatic rings. The van der Waals surface area contributed by atoms with Crippen molar-refractivity contribution < 1.29 is 14.3 Å². The number of likely N-dealkylation sites (tertiary alicyclic amines) is 1. The quantitative estimate of drug-likeness (QED) is 0.904. The zero-order valence-electron chi connectivity index (χ0n) is 11.8. The Morgan fingerprint density at radius 2 is 2.11 bits per heavy atom. The second-order valence-corrected chi connectivity index (χ2v) is 5.38. The minimum absolute atomic E-state index is 0.0126. The molecule has 5 nitrogen and oxygen atoms in total. The number of carbonyl (C=O) groups is 1. The molecule has 2 heterocycles. The lowest BCUT2D eigenvalue weighted by atomic mass is 10.0. The smallest absolute Gasteiger partial charge is 0.371 e. The topological polar surface area (TPSA) is 56.9 Å². The summed E-state index contributed by atoms with van der Waals surface area (Å²) in [5.74, 6) is -0.280. The second kappa shape index (κ2) is 5.75. The molecule has 19 heavy (non-hydrogen) atoms. The van der Waals surface area contributed by atoms with Gasteiger partial charge < -0.3 is 14.4 Å². The van der Waals surface area contributed by atoms with Crippen molar-refractivity contribution in [2.75, 3.05) is 27.2 Å². The summed E-state index contributed by atoms with van der Waals surface area (Å²) in [4.78, 5) is 15.5. The Bertz CT molecular complexity index is 436. The first-order valence-corrected chi connectivity index (χ1v) is 6.72. The van der Waals surface area contributed by atoms with E-state index in [1.807, 2.05) is 0 Å². The number of carboxylic acids is 1. The Balaban J connectivity index is 2.01. The van der Waals surface area contributed by atoms with Crippen LogP contribution < -0.4 is 0 Å². The van der Waals surface area contributed by atoms with Crippen LogP contribution in [0.3, 0.4) is 0 Å². The predicted octanol–water partition coefficient (Wildman–Crippen LogP) is 2.06. The van der Waals surface area contributed by atoms with Gasteiger partial charge in [0.2, 0.25) is 5.76 Å². The first-order valence-electron chi connectivity index (χ1n) is 6.72. The lowest BCUT2D eigenvalue weighted by Crippen LogP contribution is -2.42. The SMILES string of the molecule is CC(c1ccc(C(=O)O)o1)N(C)C1CCN(C)CC1. The van der Waals surface area contributed by atoms with Crippen molar-refractivity contribution in [1.82, 2.24) is 9.80 Å². The van der Waals surface area contributed by atoms with Gasteiger partial charge in [-0.2, -0.15) is 0 Å². The van der Waals surface area contributed by atoms with Gasteiger partial charge in [-0.05, 0) is 59.1 Å². The van der Waals surface area contributed by atoms with E-state index in [-0.39, 0.29) is 11.8 Å². The number of aromatic carboxylic acids is 1. The third-order valence-corrected chi connectivity index (χ3v) is 4.12. The Hall–Kier alpha value is -1.33. The molecule has 1 aromatic rings. The molecule has 1 aromatic heterocycles. The molecule has 1 fully saturated rings. The van der Waals surface area contributed by atoms with Crippen LogP contribution in [0.25, 0.3) is 0 Å². The van der Waals surface area contributed by atoms with Crippen molar-refractivity contribution in [3.05, 3.63) is 23.7 Å². The van der Waals surface area contributed by atoms with Crippen LogP contribution >= 0.6 is 0 Å². The number of carboxylic acid groups (broad SMARTS) is 1. The van der Waals surface area contributed by atoms with Gasteiger partial charge in [-0.25, -0.2) is 4.79 Å².